The van der Waals surface area contributed by atoms with Crippen LogP contribution in [-0.4, -0.2) is 22.8 Å². The number of nitrogens with one attached hydrogen (secondary N) is 1. The molecule has 94 valence electrons. The van der Waals surface area contributed by atoms with Gasteiger partial charge in [0.05, 0.1) is 0 Å². The van der Waals surface area contributed by atoms with Crippen LogP contribution in [-0.2, 0) is 12.8 Å². The van der Waals surface area contributed by atoms with Crippen molar-refractivity contribution in [2.45, 2.75) is 45.1 Å². The first kappa shape index (κ1) is 12.2. The fraction of sp³-hybridized carbons (Fsp3) is 0.571. The molecule has 3 N–H and O–H groups in total. The third-order valence-corrected chi connectivity index (χ3v) is 3.49. The fourth-order valence-corrected chi connectivity index (χ4v) is 2.55. The van der Waals surface area contributed by atoms with E-state index >= 15 is 0 Å². The van der Waals surface area contributed by atoms with Gasteiger partial charge in [0.25, 0.3) is 0 Å². The Kier molecular flexibility index (Phi) is 3.89. The molecule has 0 saturated carbocycles. The standard InChI is InChI=1S/C14H21NO2/c1-2-8-15-11-4-3-5-12-10(9-11)6-7-13(16)14(12)17/h6-7,11,15-17H,2-5,8-9H2,1H3/t11-/m1/s1. The van der Waals surface area contributed by atoms with Gasteiger partial charge in [-0.05, 0) is 50.3 Å². The first-order chi connectivity index (χ1) is 8.22. The monoisotopic (exact) mass is 235 g/mol. The molecule has 3 heteroatoms. The lowest BCUT2D eigenvalue weighted by Crippen LogP contribution is -2.31. The molecular weight excluding hydrogens is 214 g/mol. The van der Waals surface area contributed by atoms with Crippen LogP contribution >= 0.6 is 0 Å². The molecule has 0 spiro atoms. The predicted octanol–water partition coefficient (Wildman–Crippen LogP) is 2.34. The number of hydrogen-bond donors (Lipinski definition) is 3. The van der Waals surface area contributed by atoms with Crippen molar-refractivity contribution in [2.24, 2.45) is 0 Å². The van der Waals surface area contributed by atoms with Gasteiger partial charge in [0, 0.05) is 11.6 Å². The zero-order valence-electron chi connectivity index (χ0n) is 10.4. The zero-order valence-corrected chi connectivity index (χ0v) is 10.4. The third kappa shape index (κ3) is 2.72. The average molecular weight is 235 g/mol. The van der Waals surface area contributed by atoms with Crippen molar-refractivity contribution in [3.8, 4) is 11.5 Å². The highest BCUT2D eigenvalue weighted by Crippen LogP contribution is 2.35. The van der Waals surface area contributed by atoms with Crippen LogP contribution in [0.1, 0.15) is 37.3 Å². The van der Waals surface area contributed by atoms with E-state index in [-0.39, 0.29) is 11.5 Å². The van der Waals surface area contributed by atoms with Gasteiger partial charge < -0.3 is 15.5 Å². The second kappa shape index (κ2) is 5.41. The lowest BCUT2D eigenvalue weighted by atomic mass is 10.0. The number of benzene rings is 1. The molecule has 1 atom stereocenters. The Hall–Kier alpha value is -1.22. The summed E-state index contributed by atoms with van der Waals surface area (Å²) in [6.45, 7) is 3.21. The Morgan fingerprint density at radius 2 is 2.18 bits per heavy atom. The van der Waals surface area contributed by atoms with Crippen molar-refractivity contribution in [2.75, 3.05) is 6.54 Å². The van der Waals surface area contributed by atoms with Gasteiger partial charge >= 0.3 is 0 Å². The summed E-state index contributed by atoms with van der Waals surface area (Å²) in [4.78, 5) is 0. The summed E-state index contributed by atoms with van der Waals surface area (Å²) < 4.78 is 0. The third-order valence-electron chi connectivity index (χ3n) is 3.49. The van der Waals surface area contributed by atoms with Crippen LogP contribution in [0.15, 0.2) is 12.1 Å². The van der Waals surface area contributed by atoms with Gasteiger partial charge in [0.1, 0.15) is 0 Å². The number of fused-ring (bicyclic) bond motifs is 1. The second-order valence-electron chi connectivity index (χ2n) is 4.82. The zero-order chi connectivity index (χ0) is 12.3. The van der Waals surface area contributed by atoms with E-state index in [1.165, 1.54) is 5.56 Å². The molecule has 17 heavy (non-hydrogen) atoms. The van der Waals surface area contributed by atoms with Gasteiger partial charge in [-0.15, -0.1) is 0 Å². The molecule has 0 radical (unpaired) electrons. The minimum Gasteiger partial charge on any atom is -0.504 e. The van der Waals surface area contributed by atoms with E-state index in [0.717, 1.165) is 44.2 Å². The molecular formula is C14H21NO2. The van der Waals surface area contributed by atoms with Crippen LogP contribution in [0.4, 0.5) is 0 Å². The van der Waals surface area contributed by atoms with Crippen molar-refractivity contribution in [1.82, 2.24) is 5.32 Å². The summed E-state index contributed by atoms with van der Waals surface area (Å²) in [5.41, 5.74) is 2.11. The van der Waals surface area contributed by atoms with Gasteiger partial charge in [-0.1, -0.05) is 13.0 Å². The van der Waals surface area contributed by atoms with Crippen LogP contribution in [0.5, 0.6) is 11.5 Å². The molecule has 0 bridgehead atoms. The Bertz CT molecular complexity index is 390. The van der Waals surface area contributed by atoms with Crippen LogP contribution in [0.25, 0.3) is 0 Å². The summed E-state index contributed by atoms with van der Waals surface area (Å²) >= 11 is 0. The average Bonchev–Trinajstić information content (AvgIpc) is 2.54. The lowest BCUT2D eigenvalue weighted by Gasteiger charge is -2.16. The van der Waals surface area contributed by atoms with Gasteiger partial charge in [0.15, 0.2) is 11.5 Å². The summed E-state index contributed by atoms with van der Waals surface area (Å²) in [6.07, 6.45) is 5.15. The van der Waals surface area contributed by atoms with E-state index in [2.05, 4.69) is 12.2 Å². The first-order valence-corrected chi connectivity index (χ1v) is 6.48. The topological polar surface area (TPSA) is 52.5 Å². The minimum absolute atomic E-state index is 0.00344. The Labute approximate surface area is 102 Å². The van der Waals surface area contributed by atoms with E-state index < -0.39 is 0 Å². The maximum Gasteiger partial charge on any atom is 0.160 e. The molecule has 2 rings (SSSR count). The van der Waals surface area contributed by atoms with Gasteiger partial charge in [-0.3, -0.25) is 0 Å². The summed E-state index contributed by atoms with van der Waals surface area (Å²) in [5.74, 6) is 0.0855. The smallest absolute Gasteiger partial charge is 0.160 e. The number of hydrogen-bond acceptors (Lipinski definition) is 3. The molecule has 1 aliphatic carbocycles. The van der Waals surface area contributed by atoms with Crippen LogP contribution in [0.3, 0.4) is 0 Å². The van der Waals surface area contributed by atoms with Crippen LogP contribution in [0.2, 0.25) is 0 Å². The number of rotatable bonds is 3. The quantitative estimate of drug-likeness (QED) is 0.557. The normalized spacial score (nSPS) is 19.7. The number of phenolic OH excluding ortho intramolecular Hbond substituents is 2. The Morgan fingerprint density at radius 3 is 2.94 bits per heavy atom. The first-order valence-electron chi connectivity index (χ1n) is 6.48. The van der Waals surface area contributed by atoms with Crippen molar-refractivity contribution in [3.05, 3.63) is 23.3 Å². The maximum absolute atomic E-state index is 9.86. The molecule has 0 aliphatic heterocycles. The predicted molar refractivity (Wildman–Crippen MR) is 68.5 cm³/mol. The summed E-state index contributed by atoms with van der Waals surface area (Å²) in [7, 11) is 0. The molecule has 1 aromatic carbocycles. The minimum atomic E-state index is 0.00344. The van der Waals surface area contributed by atoms with Crippen molar-refractivity contribution in [1.29, 1.82) is 0 Å². The summed E-state index contributed by atoms with van der Waals surface area (Å²) in [5, 5.41) is 22.9. The van der Waals surface area contributed by atoms with E-state index in [0.29, 0.717) is 6.04 Å². The van der Waals surface area contributed by atoms with Crippen LogP contribution in [0, 0.1) is 0 Å². The number of aromatic hydroxyl groups is 2. The second-order valence-corrected chi connectivity index (χ2v) is 4.82. The van der Waals surface area contributed by atoms with Crippen molar-refractivity contribution >= 4 is 0 Å². The SMILES string of the molecule is CCCN[C@@H]1CCCc2c(ccc(O)c2O)C1. The van der Waals surface area contributed by atoms with E-state index in [1.54, 1.807) is 6.07 Å². The van der Waals surface area contributed by atoms with Crippen LogP contribution < -0.4 is 5.32 Å². The molecule has 1 aliphatic rings. The van der Waals surface area contributed by atoms with E-state index in [1.807, 2.05) is 6.07 Å². The molecule has 0 saturated heterocycles. The molecule has 3 nitrogen and oxygen atoms in total. The summed E-state index contributed by atoms with van der Waals surface area (Å²) in [6, 6.07) is 4.03. The van der Waals surface area contributed by atoms with E-state index in [9.17, 15) is 10.2 Å². The highest BCUT2D eigenvalue weighted by molar-refractivity contribution is 5.49. The van der Waals surface area contributed by atoms with Crippen molar-refractivity contribution < 1.29 is 10.2 Å². The highest BCUT2D eigenvalue weighted by atomic mass is 16.3. The molecule has 0 unspecified atom stereocenters. The van der Waals surface area contributed by atoms with Gasteiger partial charge in [-0.25, -0.2) is 0 Å². The Balaban J connectivity index is 2.18. The molecule has 0 amide bonds. The maximum atomic E-state index is 9.86. The molecule has 0 heterocycles. The molecule has 0 aromatic heterocycles. The van der Waals surface area contributed by atoms with Crippen molar-refractivity contribution in [3.63, 3.8) is 0 Å². The van der Waals surface area contributed by atoms with Gasteiger partial charge in [-0.2, -0.15) is 0 Å². The Morgan fingerprint density at radius 1 is 1.35 bits per heavy atom. The lowest BCUT2D eigenvalue weighted by molar-refractivity contribution is 0.398. The number of phenols is 2. The fourth-order valence-electron chi connectivity index (χ4n) is 2.55. The van der Waals surface area contributed by atoms with Gasteiger partial charge in [0.2, 0.25) is 0 Å². The van der Waals surface area contributed by atoms with E-state index in [4.69, 9.17) is 0 Å². The molecule has 1 aromatic rings. The highest BCUT2D eigenvalue weighted by Gasteiger charge is 2.19. The molecule has 0 fully saturated rings. The largest absolute Gasteiger partial charge is 0.504 e.